The van der Waals surface area contributed by atoms with Gasteiger partial charge in [0.15, 0.2) is 17.3 Å². The molecule has 0 aliphatic carbocycles. The zero-order valence-corrected chi connectivity index (χ0v) is 20.4. The van der Waals surface area contributed by atoms with E-state index in [4.69, 9.17) is 18.7 Å². The smallest absolute Gasteiger partial charge is 0.188 e. The van der Waals surface area contributed by atoms with Gasteiger partial charge in [0.2, 0.25) is 0 Å². The Morgan fingerprint density at radius 2 is 2.06 bits per heavy atom. The molecular formula is C27H29FN4O4. The molecule has 0 bridgehead atoms. The highest BCUT2D eigenvalue weighted by Crippen LogP contribution is 2.43. The Labute approximate surface area is 208 Å². The van der Waals surface area contributed by atoms with Crippen molar-refractivity contribution in [3.05, 3.63) is 48.3 Å². The van der Waals surface area contributed by atoms with Gasteiger partial charge in [0.25, 0.3) is 0 Å². The van der Waals surface area contributed by atoms with E-state index in [0.717, 1.165) is 38.3 Å². The van der Waals surface area contributed by atoms with Crippen LogP contribution in [0.15, 0.2) is 47.0 Å². The van der Waals surface area contributed by atoms with Gasteiger partial charge in [-0.2, -0.15) is 5.10 Å². The van der Waals surface area contributed by atoms with Crippen LogP contribution >= 0.6 is 0 Å². The molecule has 4 aromatic rings. The number of nitrogens with one attached hydrogen (secondary N) is 1. The van der Waals surface area contributed by atoms with Crippen LogP contribution in [0, 0.1) is 17.2 Å². The molecule has 8 nitrogen and oxygen atoms in total. The molecule has 2 aromatic carbocycles. The number of ether oxygens (including phenoxy) is 3. The van der Waals surface area contributed by atoms with Crippen LogP contribution in [-0.2, 0) is 9.47 Å². The summed E-state index contributed by atoms with van der Waals surface area (Å²) in [7, 11) is 1.57. The number of aromatic nitrogens is 3. The monoisotopic (exact) mass is 492 g/mol. The SMILES string of the molecule is COCCOc1cc2[nH]nc(-c3cc(-c4ccc(N5C[C@H]6COCC[C@@]6(C)C5)cc4)no3)c2cc1F. The molecule has 2 atom stereocenters. The van der Waals surface area contributed by atoms with Crippen molar-refractivity contribution in [1.29, 1.82) is 0 Å². The van der Waals surface area contributed by atoms with Gasteiger partial charge in [-0.05, 0) is 30.0 Å². The summed E-state index contributed by atoms with van der Waals surface area (Å²) in [5.74, 6) is 0.709. The highest BCUT2D eigenvalue weighted by molar-refractivity contribution is 5.93. The van der Waals surface area contributed by atoms with E-state index in [1.165, 1.54) is 11.8 Å². The first-order valence-corrected chi connectivity index (χ1v) is 12.2. The zero-order valence-electron chi connectivity index (χ0n) is 20.4. The maximum Gasteiger partial charge on any atom is 0.188 e. The lowest BCUT2D eigenvalue weighted by molar-refractivity contribution is -0.00558. The van der Waals surface area contributed by atoms with E-state index >= 15 is 0 Å². The predicted molar refractivity (Wildman–Crippen MR) is 134 cm³/mol. The number of rotatable bonds is 7. The van der Waals surface area contributed by atoms with Gasteiger partial charge in [0, 0.05) is 61.5 Å². The van der Waals surface area contributed by atoms with Crippen LogP contribution in [0.3, 0.4) is 0 Å². The molecule has 188 valence electrons. The Balaban J connectivity index is 1.20. The van der Waals surface area contributed by atoms with E-state index in [-0.39, 0.29) is 12.4 Å². The number of methoxy groups -OCH3 is 1. The van der Waals surface area contributed by atoms with Gasteiger partial charge in [-0.15, -0.1) is 0 Å². The molecule has 0 saturated carbocycles. The molecule has 4 heterocycles. The lowest BCUT2D eigenvalue weighted by Gasteiger charge is -2.34. The van der Waals surface area contributed by atoms with Gasteiger partial charge in [-0.1, -0.05) is 24.2 Å². The maximum atomic E-state index is 14.6. The van der Waals surface area contributed by atoms with E-state index in [2.05, 4.69) is 51.4 Å². The van der Waals surface area contributed by atoms with Gasteiger partial charge in [0.1, 0.15) is 18.0 Å². The minimum absolute atomic E-state index is 0.145. The number of hydrogen-bond acceptors (Lipinski definition) is 7. The fourth-order valence-electron chi connectivity index (χ4n) is 5.30. The number of fused-ring (bicyclic) bond motifs is 2. The van der Waals surface area contributed by atoms with E-state index in [0.29, 0.717) is 46.0 Å². The fraction of sp³-hybridized carbons (Fsp3) is 0.407. The standard InChI is InChI=1S/C27H29FN4O4/c1-27-7-8-34-15-18(27)14-32(16-27)19-5-3-17(4-6-19)22-12-25(36-31-22)26-20-11-21(28)24(35-10-9-33-2)13-23(20)29-30-26/h3-6,11-13,18H,7-10,14-16H2,1-2H3,(H,29,30)/t18-,27-/m0/s1. The first-order chi connectivity index (χ1) is 17.5. The molecule has 6 rings (SSSR count). The molecule has 2 aliphatic rings. The summed E-state index contributed by atoms with van der Waals surface area (Å²) in [5.41, 5.74) is 4.31. The minimum atomic E-state index is -0.473. The largest absolute Gasteiger partial charge is 0.488 e. The molecule has 36 heavy (non-hydrogen) atoms. The van der Waals surface area contributed by atoms with Crippen molar-refractivity contribution in [2.75, 3.05) is 51.5 Å². The molecule has 0 radical (unpaired) electrons. The van der Waals surface area contributed by atoms with Crippen LogP contribution in [-0.4, -0.2) is 62.0 Å². The summed E-state index contributed by atoms with van der Waals surface area (Å²) in [6.45, 7) is 6.79. The second-order valence-electron chi connectivity index (χ2n) is 9.92. The molecule has 1 N–H and O–H groups in total. The zero-order chi connectivity index (χ0) is 24.7. The molecule has 0 amide bonds. The number of anilines is 1. The third kappa shape index (κ3) is 4.12. The first kappa shape index (κ1) is 23.0. The quantitative estimate of drug-likeness (QED) is 0.367. The molecule has 9 heteroatoms. The van der Waals surface area contributed by atoms with Crippen LogP contribution in [0.2, 0.25) is 0 Å². The van der Waals surface area contributed by atoms with Gasteiger partial charge in [-0.25, -0.2) is 4.39 Å². The van der Waals surface area contributed by atoms with Crippen molar-refractivity contribution >= 4 is 16.6 Å². The van der Waals surface area contributed by atoms with Crippen molar-refractivity contribution < 1.29 is 23.1 Å². The highest BCUT2D eigenvalue weighted by atomic mass is 19.1. The lowest BCUT2D eigenvalue weighted by atomic mass is 9.76. The summed E-state index contributed by atoms with van der Waals surface area (Å²) < 4.78 is 36.3. The normalized spacial score (nSPS) is 21.8. The number of halogens is 1. The average Bonchev–Trinajstić information content (AvgIpc) is 3.60. The van der Waals surface area contributed by atoms with Gasteiger partial charge < -0.3 is 23.6 Å². The summed E-state index contributed by atoms with van der Waals surface area (Å²) in [5, 5.41) is 12.1. The molecular weight excluding hydrogens is 463 g/mol. The number of aromatic amines is 1. The third-order valence-electron chi connectivity index (χ3n) is 7.55. The molecule has 2 saturated heterocycles. The molecule has 2 fully saturated rings. The number of benzene rings is 2. The number of H-pyrrole nitrogens is 1. The van der Waals surface area contributed by atoms with Crippen LogP contribution < -0.4 is 9.64 Å². The van der Waals surface area contributed by atoms with E-state index in [1.807, 2.05) is 6.07 Å². The Bertz CT molecular complexity index is 1370. The van der Waals surface area contributed by atoms with Crippen LogP contribution in [0.5, 0.6) is 5.75 Å². The predicted octanol–water partition coefficient (Wildman–Crippen LogP) is 4.91. The maximum absolute atomic E-state index is 14.6. The summed E-state index contributed by atoms with van der Waals surface area (Å²) in [6, 6.07) is 13.2. The van der Waals surface area contributed by atoms with Crippen molar-refractivity contribution in [3.63, 3.8) is 0 Å². The summed E-state index contributed by atoms with van der Waals surface area (Å²) in [6.07, 6.45) is 1.11. The fourth-order valence-corrected chi connectivity index (χ4v) is 5.30. The van der Waals surface area contributed by atoms with E-state index in [9.17, 15) is 4.39 Å². The van der Waals surface area contributed by atoms with Crippen molar-refractivity contribution in [2.24, 2.45) is 11.3 Å². The summed E-state index contributed by atoms with van der Waals surface area (Å²) >= 11 is 0. The Morgan fingerprint density at radius 3 is 2.86 bits per heavy atom. The Morgan fingerprint density at radius 1 is 1.19 bits per heavy atom. The summed E-state index contributed by atoms with van der Waals surface area (Å²) in [4.78, 5) is 2.45. The average molecular weight is 493 g/mol. The van der Waals surface area contributed by atoms with Crippen molar-refractivity contribution in [1.82, 2.24) is 15.4 Å². The third-order valence-corrected chi connectivity index (χ3v) is 7.55. The minimum Gasteiger partial charge on any atom is -0.488 e. The van der Waals surface area contributed by atoms with Gasteiger partial charge >= 0.3 is 0 Å². The van der Waals surface area contributed by atoms with Crippen LogP contribution in [0.25, 0.3) is 33.6 Å². The Hall–Kier alpha value is -3.43. The molecule has 0 spiro atoms. The molecule has 2 aliphatic heterocycles. The lowest BCUT2D eigenvalue weighted by Crippen LogP contribution is -2.35. The second kappa shape index (κ2) is 9.22. The number of nitrogens with zero attached hydrogens (tertiary/aromatic N) is 3. The van der Waals surface area contributed by atoms with E-state index in [1.54, 1.807) is 13.2 Å². The first-order valence-electron chi connectivity index (χ1n) is 12.2. The topological polar surface area (TPSA) is 85.6 Å². The Kier molecular flexibility index (Phi) is 5.89. The van der Waals surface area contributed by atoms with Gasteiger partial charge in [0.05, 0.1) is 18.7 Å². The van der Waals surface area contributed by atoms with Crippen LogP contribution in [0.1, 0.15) is 13.3 Å². The van der Waals surface area contributed by atoms with Gasteiger partial charge in [-0.3, -0.25) is 5.10 Å². The van der Waals surface area contributed by atoms with Crippen molar-refractivity contribution in [2.45, 2.75) is 13.3 Å². The van der Waals surface area contributed by atoms with E-state index < -0.39 is 5.82 Å². The van der Waals surface area contributed by atoms with Crippen molar-refractivity contribution in [3.8, 4) is 28.5 Å². The molecule has 2 aromatic heterocycles. The highest BCUT2D eigenvalue weighted by Gasteiger charge is 2.44. The molecule has 0 unspecified atom stereocenters. The van der Waals surface area contributed by atoms with Crippen LogP contribution in [0.4, 0.5) is 10.1 Å². The number of hydrogen-bond donors (Lipinski definition) is 1. The second-order valence-corrected chi connectivity index (χ2v) is 9.92.